The second-order valence-electron chi connectivity index (χ2n) is 8.03. The highest BCUT2D eigenvalue weighted by Crippen LogP contribution is 2.36. The molecular formula is C25H27ClN2OS. The number of hydrogen-bond acceptors (Lipinski definition) is 4. The molecule has 0 unspecified atom stereocenters. The standard InChI is InChI=1S/C25H27ClN2OS/c1-17(2)22-5-3-4-6-23(22)18-7-8-19(16-29)24(13-18)28-12-11-21(15-28)30-25-10-9-20(26)14-27-25/h3-10,13-14,17,21,29H,11-12,15-16H2,1-2H3/t21-/m0/s1. The van der Waals surface area contributed by atoms with Crippen LogP contribution in [0.5, 0.6) is 0 Å². The second-order valence-corrected chi connectivity index (χ2v) is 9.79. The van der Waals surface area contributed by atoms with Gasteiger partial charge in [-0.25, -0.2) is 4.98 Å². The lowest BCUT2D eigenvalue weighted by Gasteiger charge is -2.23. The van der Waals surface area contributed by atoms with Crippen LogP contribution >= 0.6 is 23.4 Å². The third-order valence-electron chi connectivity index (χ3n) is 5.62. The molecule has 1 aliphatic heterocycles. The lowest BCUT2D eigenvalue weighted by Crippen LogP contribution is -2.21. The third kappa shape index (κ3) is 4.66. The molecule has 1 aromatic heterocycles. The SMILES string of the molecule is CC(C)c1ccccc1-c1ccc(CO)c(N2CC[C@H](Sc3ccc(Cl)cn3)C2)c1. The van der Waals surface area contributed by atoms with Crippen molar-refractivity contribution in [2.75, 3.05) is 18.0 Å². The Hall–Kier alpha value is -2.01. The summed E-state index contributed by atoms with van der Waals surface area (Å²) in [5.41, 5.74) is 5.95. The molecular weight excluding hydrogens is 412 g/mol. The van der Waals surface area contributed by atoms with E-state index in [2.05, 4.69) is 66.2 Å². The van der Waals surface area contributed by atoms with E-state index in [-0.39, 0.29) is 6.61 Å². The molecule has 0 amide bonds. The predicted molar refractivity (Wildman–Crippen MR) is 128 cm³/mol. The zero-order valence-corrected chi connectivity index (χ0v) is 19.0. The molecule has 3 nitrogen and oxygen atoms in total. The zero-order valence-electron chi connectivity index (χ0n) is 17.4. The number of hydrogen-bond donors (Lipinski definition) is 1. The van der Waals surface area contributed by atoms with Gasteiger partial charge in [0.2, 0.25) is 0 Å². The zero-order chi connectivity index (χ0) is 21.1. The Bertz CT molecular complexity index is 1010. The van der Waals surface area contributed by atoms with Crippen molar-refractivity contribution in [1.29, 1.82) is 0 Å². The summed E-state index contributed by atoms with van der Waals surface area (Å²) >= 11 is 7.76. The average Bonchev–Trinajstić information content (AvgIpc) is 3.23. The lowest BCUT2D eigenvalue weighted by atomic mass is 9.92. The van der Waals surface area contributed by atoms with E-state index in [0.717, 1.165) is 35.8 Å². The van der Waals surface area contributed by atoms with Crippen LogP contribution in [-0.4, -0.2) is 28.4 Å². The number of nitrogens with zero attached hydrogens (tertiary/aromatic N) is 2. The van der Waals surface area contributed by atoms with Crippen molar-refractivity contribution in [3.63, 3.8) is 0 Å². The predicted octanol–water partition coefficient (Wildman–Crippen LogP) is 6.39. The van der Waals surface area contributed by atoms with Crippen molar-refractivity contribution in [1.82, 2.24) is 4.98 Å². The molecule has 0 aliphatic carbocycles. The van der Waals surface area contributed by atoms with Gasteiger partial charge in [0.05, 0.1) is 16.7 Å². The maximum absolute atomic E-state index is 9.96. The van der Waals surface area contributed by atoms with Crippen LogP contribution in [0.4, 0.5) is 5.69 Å². The second kappa shape index (κ2) is 9.42. The molecule has 1 N–H and O–H groups in total. The highest BCUT2D eigenvalue weighted by atomic mass is 35.5. The summed E-state index contributed by atoms with van der Waals surface area (Å²) in [6.45, 7) is 6.43. The van der Waals surface area contributed by atoms with E-state index in [1.54, 1.807) is 18.0 Å². The quantitative estimate of drug-likeness (QED) is 0.483. The van der Waals surface area contributed by atoms with Crippen LogP contribution in [0, 0.1) is 0 Å². The van der Waals surface area contributed by atoms with E-state index in [1.807, 2.05) is 12.1 Å². The normalized spacial score (nSPS) is 16.4. The highest BCUT2D eigenvalue weighted by Gasteiger charge is 2.26. The first-order valence-electron chi connectivity index (χ1n) is 10.4. The van der Waals surface area contributed by atoms with Crippen LogP contribution in [0.1, 0.15) is 37.3 Å². The van der Waals surface area contributed by atoms with Gasteiger partial charge in [-0.2, -0.15) is 0 Å². The third-order valence-corrected chi connectivity index (χ3v) is 7.05. The maximum Gasteiger partial charge on any atom is 0.0964 e. The Labute approximate surface area is 188 Å². The van der Waals surface area contributed by atoms with Gasteiger partial charge < -0.3 is 10.0 Å². The molecule has 30 heavy (non-hydrogen) atoms. The molecule has 1 atom stereocenters. The lowest BCUT2D eigenvalue weighted by molar-refractivity contribution is 0.282. The number of rotatable bonds is 6. The fraction of sp³-hybridized carbons (Fsp3) is 0.320. The van der Waals surface area contributed by atoms with E-state index in [4.69, 9.17) is 11.6 Å². The molecule has 0 spiro atoms. The van der Waals surface area contributed by atoms with E-state index < -0.39 is 0 Å². The summed E-state index contributed by atoms with van der Waals surface area (Å²) in [7, 11) is 0. The van der Waals surface area contributed by atoms with Crippen molar-refractivity contribution in [3.05, 3.63) is 76.9 Å². The van der Waals surface area contributed by atoms with Crippen molar-refractivity contribution in [2.24, 2.45) is 0 Å². The van der Waals surface area contributed by atoms with Crippen molar-refractivity contribution < 1.29 is 5.11 Å². The van der Waals surface area contributed by atoms with E-state index >= 15 is 0 Å². The first-order chi connectivity index (χ1) is 14.5. The van der Waals surface area contributed by atoms with E-state index in [1.165, 1.54) is 16.7 Å². The van der Waals surface area contributed by atoms with Crippen LogP contribution in [0.3, 0.4) is 0 Å². The summed E-state index contributed by atoms with van der Waals surface area (Å²) in [5, 5.41) is 12.1. The molecule has 1 saturated heterocycles. The summed E-state index contributed by atoms with van der Waals surface area (Å²) in [6, 6.07) is 18.9. The fourth-order valence-electron chi connectivity index (χ4n) is 4.07. The number of pyridine rings is 1. The first-order valence-corrected chi connectivity index (χ1v) is 11.7. The molecule has 156 valence electrons. The summed E-state index contributed by atoms with van der Waals surface area (Å²) < 4.78 is 0. The summed E-state index contributed by atoms with van der Waals surface area (Å²) in [6.07, 6.45) is 2.79. The Morgan fingerprint density at radius 2 is 2.00 bits per heavy atom. The molecule has 0 saturated carbocycles. The average molecular weight is 439 g/mol. The van der Waals surface area contributed by atoms with Gasteiger partial charge in [0.1, 0.15) is 0 Å². The number of aromatic nitrogens is 1. The molecule has 2 heterocycles. The maximum atomic E-state index is 9.96. The number of halogens is 1. The van der Waals surface area contributed by atoms with E-state index in [9.17, 15) is 5.11 Å². The molecule has 0 bridgehead atoms. The van der Waals surface area contributed by atoms with Gasteiger partial charge in [-0.1, -0.05) is 61.8 Å². The molecule has 5 heteroatoms. The molecule has 4 rings (SSSR count). The van der Waals surface area contributed by atoms with E-state index in [0.29, 0.717) is 16.2 Å². The number of aliphatic hydroxyl groups is 1. The van der Waals surface area contributed by atoms with Crippen LogP contribution in [0.15, 0.2) is 65.8 Å². The van der Waals surface area contributed by atoms with Crippen molar-refractivity contribution >= 4 is 29.1 Å². The van der Waals surface area contributed by atoms with Gasteiger partial charge in [0, 0.05) is 35.8 Å². The largest absolute Gasteiger partial charge is 0.392 e. The topological polar surface area (TPSA) is 36.4 Å². The Morgan fingerprint density at radius 3 is 2.73 bits per heavy atom. The number of thioether (sulfide) groups is 1. The minimum absolute atomic E-state index is 0.0501. The van der Waals surface area contributed by atoms with Gasteiger partial charge in [-0.3, -0.25) is 0 Å². The Kier molecular flexibility index (Phi) is 6.67. The molecule has 3 aromatic rings. The molecule has 0 radical (unpaired) electrons. The van der Waals surface area contributed by atoms with Crippen molar-refractivity contribution in [3.8, 4) is 11.1 Å². The number of benzene rings is 2. The Morgan fingerprint density at radius 1 is 1.17 bits per heavy atom. The highest BCUT2D eigenvalue weighted by molar-refractivity contribution is 7.99. The Balaban J connectivity index is 1.58. The number of aliphatic hydroxyl groups excluding tert-OH is 1. The minimum atomic E-state index is 0.0501. The van der Waals surface area contributed by atoms with Gasteiger partial charge in [0.25, 0.3) is 0 Å². The molecule has 2 aromatic carbocycles. The van der Waals surface area contributed by atoms with Gasteiger partial charge in [-0.15, -0.1) is 11.8 Å². The fourth-order valence-corrected chi connectivity index (χ4v) is 5.26. The van der Waals surface area contributed by atoms with Crippen LogP contribution in [-0.2, 0) is 6.61 Å². The monoisotopic (exact) mass is 438 g/mol. The van der Waals surface area contributed by atoms with Gasteiger partial charge >= 0.3 is 0 Å². The van der Waals surface area contributed by atoms with Crippen LogP contribution < -0.4 is 4.90 Å². The molecule has 1 aliphatic rings. The van der Waals surface area contributed by atoms with Crippen molar-refractivity contribution in [2.45, 2.75) is 43.1 Å². The summed E-state index contributed by atoms with van der Waals surface area (Å²) in [4.78, 5) is 6.83. The van der Waals surface area contributed by atoms with Crippen LogP contribution in [0.2, 0.25) is 5.02 Å². The van der Waals surface area contributed by atoms with Crippen LogP contribution in [0.25, 0.3) is 11.1 Å². The smallest absolute Gasteiger partial charge is 0.0964 e. The first kappa shape index (κ1) is 21.2. The van der Waals surface area contributed by atoms with Gasteiger partial charge in [0.15, 0.2) is 0 Å². The van der Waals surface area contributed by atoms with Gasteiger partial charge in [-0.05, 0) is 47.2 Å². The minimum Gasteiger partial charge on any atom is -0.392 e. The number of anilines is 1. The summed E-state index contributed by atoms with van der Waals surface area (Å²) in [5.74, 6) is 0.460. The molecule has 1 fully saturated rings.